The number of phenolic OH excluding ortho intramolecular Hbond substituents is 1. The second-order valence-corrected chi connectivity index (χ2v) is 8.55. The van der Waals surface area contributed by atoms with Gasteiger partial charge in [-0.2, -0.15) is 9.97 Å². The van der Waals surface area contributed by atoms with E-state index in [2.05, 4.69) is 39.4 Å². The highest BCUT2D eigenvalue weighted by molar-refractivity contribution is 6.36. The van der Waals surface area contributed by atoms with Gasteiger partial charge in [0.1, 0.15) is 22.8 Å². The van der Waals surface area contributed by atoms with Crippen LogP contribution in [0.25, 0.3) is 32.9 Å². The Morgan fingerprint density at radius 2 is 2.03 bits per heavy atom. The quantitative estimate of drug-likeness (QED) is 0.269. The number of pyridine rings is 1. The van der Waals surface area contributed by atoms with E-state index in [1.807, 2.05) is 0 Å². The Morgan fingerprint density at radius 3 is 2.79 bits per heavy atom. The molecule has 0 amide bonds. The molecule has 1 unspecified atom stereocenters. The number of aromatic nitrogens is 3. The smallest absolute Gasteiger partial charge is 0.318 e. The fourth-order valence-electron chi connectivity index (χ4n) is 4.04. The van der Waals surface area contributed by atoms with Crippen LogP contribution in [0.5, 0.6) is 11.8 Å². The van der Waals surface area contributed by atoms with Gasteiger partial charge in [0.2, 0.25) is 0 Å². The zero-order chi connectivity index (χ0) is 24.2. The molecule has 34 heavy (non-hydrogen) atoms. The number of hydrogen-bond donors (Lipinski definition) is 3. The molecular formula is C25H27ClFN5O2. The van der Waals surface area contributed by atoms with Crippen LogP contribution >= 0.6 is 11.6 Å². The van der Waals surface area contributed by atoms with E-state index in [4.69, 9.17) is 16.3 Å². The van der Waals surface area contributed by atoms with Gasteiger partial charge in [0.25, 0.3) is 0 Å². The molecule has 3 N–H and O–H groups in total. The molecule has 0 spiro atoms. The predicted octanol–water partition coefficient (Wildman–Crippen LogP) is 5.54. The molecule has 0 aliphatic carbocycles. The average molecular weight is 484 g/mol. The van der Waals surface area contributed by atoms with Crippen molar-refractivity contribution in [2.24, 2.45) is 0 Å². The van der Waals surface area contributed by atoms with Gasteiger partial charge >= 0.3 is 6.01 Å². The Bertz CT molecular complexity index is 1330. The number of fused-ring (bicyclic) bond motifs is 2. The van der Waals surface area contributed by atoms with Crippen LogP contribution in [-0.4, -0.2) is 46.3 Å². The predicted molar refractivity (Wildman–Crippen MR) is 134 cm³/mol. The van der Waals surface area contributed by atoms with E-state index in [-0.39, 0.29) is 23.0 Å². The SMILES string of the molecule is CCCC(C)NCCNc1nc(OC)nc2c(F)c(-c3cc(O)cc4cccc(Cl)c34)ncc12. The first-order valence-electron chi connectivity index (χ1n) is 11.2. The zero-order valence-electron chi connectivity index (χ0n) is 19.3. The zero-order valence-corrected chi connectivity index (χ0v) is 20.1. The fraction of sp³-hybridized carbons (Fsp3) is 0.320. The van der Waals surface area contributed by atoms with Crippen molar-refractivity contribution in [3.05, 3.63) is 47.4 Å². The molecule has 4 aromatic rings. The summed E-state index contributed by atoms with van der Waals surface area (Å²) >= 11 is 6.43. The van der Waals surface area contributed by atoms with Crippen molar-refractivity contribution in [2.75, 3.05) is 25.5 Å². The third kappa shape index (κ3) is 4.83. The molecule has 2 aromatic carbocycles. The van der Waals surface area contributed by atoms with Gasteiger partial charge in [-0.05, 0) is 36.9 Å². The number of hydrogen-bond acceptors (Lipinski definition) is 7. The molecule has 0 aliphatic heterocycles. The highest BCUT2D eigenvalue weighted by atomic mass is 35.5. The molecule has 2 aromatic heterocycles. The lowest BCUT2D eigenvalue weighted by Crippen LogP contribution is -2.30. The van der Waals surface area contributed by atoms with Crippen LogP contribution in [0.1, 0.15) is 26.7 Å². The molecule has 0 aliphatic rings. The van der Waals surface area contributed by atoms with Gasteiger partial charge in [0.15, 0.2) is 5.82 Å². The molecular weight excluding hydrogens is 457 g/mol. The van der Waals surface area contributed by atoms with Crippen molar-refractivity contribution >= 4 is 39.1 Å². The van der Waals surface area contributed by atoms with Crippen molar-refractivity contribution in [3.8, 4) is 23.0 Å². The van der Waals surface area contributed by atoms with Crippen molar-refractivity contribution in [1.82, 2.24) is 20.3 Å². The topological polar surface area (TPSA) is 92.2 Å². The summed E-state index contributed by atoms with van der Waals surface area (Å²) in [5, 5.41) is 19.0. The average Bonchev–Trinajstić information content (AvgIpc) is 2.81. The van der Waals surface area contributed by atoms with E-state index in [0.717, 1.165) is 19.4 Å². The van der Waals surface area contributed by atoms with E-state index < -0.39 is 5.82 Å². The number of nitrogens with one attached hydrogen (secondary N) is 2. The van der Waals surface area contributed by atoms with Gasteiger partial charge in [0, 0.05) is 41.3 Å². The second kappa shape index (κ2) is 10.4. The Kier molecular flexibility index (Phi) is 7.29. The van der Waals surface area contributed by atoms with Crippen molar-refractivity contribution < 1.29 is 14.2 Å². The highest BCUT2D eigenvalue weighted by Gasteiger charge is 2.20. The Morgan fingerprint density at radius 1 is 1.21 bits per heavy atom. The summed E-state index contributed by atoms with van der Waals surface area (Å²) in [5.41, 5.74) is 0.472. The lowest BCUT2D eigenvalue weighted by Gasteiger charge is -2.15. The third-order valence-corrected chi connectivity index (χ3v) is 5.96. The Balaban J connectivity index is 1.76. The van der Waals surface area contributed by atoms with E-state index in [1.165, 1.54) is 19.4 Å². The summed E-state index contributed by atoms with van der Waals surface area (Å²) in [5.74, 6) is -0.232. The number of benzene rings is 2. The number of ether oxygens (including phenoxy) is 1. The molecule has 0 saturated carbocycles. The number of rotatable bonds is 9. The third-order valence-electron chi connectivity index (χ3n) is 5.64. The molecule has 1 atom stereocenters. The first-order chi connectivity index (χ1) is 16.4. The largest absolute Gasteiger partial charge is 0.508 e. The molecule has 178 valence electrons. The number of aromatic hydroxyl groups is 1. The maximum atomic E-state index is 15.8. The first-order valence-corrected chi connectivity index (χ1v) is 11.6. The summed E-state index contributed by atoms with van der Waals surface area (Å²) in [6.45, 7) is 5.60. The number of nitrogens with zero attached hydrogens (tertiary/aromatic N) is 3. The molecule has 0 bridgehead atoms. The minimum atomic E-state index is -0.650. The fourth-order valence-corrected chi connectivity index (χ4v) is 4.32. The van der Waals surface area contributed by atoms with E-state index in [1.54, 1.807) is 24.3 Å². The monoisotopic (exact) mass is 483 g/mol. The van der Waals surface area contributed by atoms with Crippen molar-refractivity contribution in [1.29, 1.82) is 0 Å². The summed E-state index contributed by atoms with van der Waals surface area (Å²) in [4.78, 5) is 13.0. The van der Waals surface area contributed by atoms with Gasteiger partial charge in [-0.3, -0.25) is 4.98 Å². The lowest BCUT2D eigenvalue weighted by atomic mass is 10.00. The molecule has 7 nitrogen and oxygen atoms in total. The van der Waals surface area contributed by atoms with Crippen LogP contribution in [-0.2, 0) is 0 Å². The molecule has 0 saturated heterocycles. The Labute approximate surface area is 202 Å². The summed E-state index contributed by atoms with van der Waals surface area (Å²) in [7, 11) is 1.43. The summed E-state index contributed by atoms with van der Waals surface area (Å²) in [6, 6.07) is 8.76. The minimum Gasteiger partial charge on any atom is -0.508 e. The normalized spacial score (nSPS) is 12.3. The van der Waals surface area contributed by atoms with Crippen LogP contribution in [0.3, 0.4) is 0 Å². The van der Waals surface area contributed by atoms with Gasteiger partial charge in [-0.1, -0.05) is 37.1 Å². The second-order valence-electron chi connectivity index (χ2n) is 8.14. The minimum absolute atomic E-state index is 0.0153. The van der Waals surface area contributed by atoms with Crippen molar-refractivity contribution in [3.63, 3.8) is 0 Å². The van der Waals surface area contributed by atoms with Gasteiger partial charge in [0.05, 0.1) is 12.5 Å². The summed E-state index contributed by atoms with van der Waals surface area (Å²) in [6.07, 6.45) is 3.73. The molecule has 0 fully saturated rings. The Hall–Kier alpha value is -3.23. The van der Waals surface area contributed by atoms with Crippen molar-refractivity contribution in [2.45, 2.75) is 32.7 Å². The standard InChI is InChI=1S/C25H27ClFN5O2/c1-4-6-14(2)28-9-10-29-24-18-13-30-22(21(27)23(18)31-25(32-24)34-3)17-12-16(33)11-15-7-5-8-19(26)20(15)17/h5,7-8,11-14,28,33H,4,6,9-10H2,1-3H3,(H,29,31,32). The van der Waals surface area contributed by atoms with Crippen LogP contribution in [0, 0.1) is 5.82 Å². The maximum absolute atomic E-state index is 15.8. The number of phenols is 1. The van der Waals surface area contributed by atoms with Gasteiger partial charge in [-0.25, -0.2) is 4.39 Å². The number of anilines is 1. The van der Waals surface area contributed by atoms with E-state index in [9.17, 15) is 5.11 Å². The van der Waals surface area contributed by atoms with E-state index in [0.29, 0.717) is 45.1 Å². The number of methoxy groups -OCH3 is 1. The van der Waals surface area contributed by atoms with E-state index >= 15 is 4.39 Å². The molecule has 9 heteroatoms. The molecule has 2 heterocycles. The van der Waals surface area contributed by atoms with Gasteiger partial charge in [-0.15, -0.1) is 0 Å². The first kappa shape index (κ1) is 23.9. The molecule has 4 rings (SSSR count). The van der Waals surface area contributed by atoms with Crippen LogP contribution < -0.4 is 15.4 Å². The number of halogens is 2. The molecule has 0 radical (unpaired) electrons. The maximum Gasteiger partial charge on any atom is 0.318 e. The summed E-state index contributed by atoms with van der Waals surface area (Å²) < 4.78 is 21.1. The highest BCUT2D eigenvalue weighted by Crippen LogP contribution is 2.38. The lowest BCUT2D eigenvalue weighted by molar-refractivity contribution is 0.382. The van der Waals surface area contributed by atoms with Gasteiger partial charge < -0.3 is 20.5 Å². The van der Waals surface area contributed by atoms with Crippen LogP contribution in [0.15, 0.2) is 36.5 Å². The van der Waals surface area contributed by atoms with Crippen LogP contribution in [0.4, 0.5) is 10.2 Å². The van der Waals surface area contributed by atoms with Crippen LogP contribution in [0.2, 0.25) is 5.02 Å².